The van der Waals surface area contributed by atoms with Crippen LogP contribution in [0.25, 0.3) is 0 Å². The fourth-order valence-corrected chi connectivity index (χ4v) is 1.55. The van der Waals surface area contributed by atoms with E-state index >= 15 is 0 Å². The van der Waals surface area contributed by atoms with Crippen LogP contribution in [0, 0.1) is 12.8 Å². The van der Waals surface area contributed by atoms with Crippen molar-refractivity contribution in [2.45, 2.75) is 27.2 Å². The van der Waals surface area contributed by atoms with E-state index < -0.39 is 0 Å². The molecule has 0 atom stereocenters. The second kappa shape index (κ2) is 5.90. The Morgan fingerprint density at radius 1 is 1.44 bits per heavy atom. The largest absolute Gasteiger partial charge is 0.493 e. The third-order valence-corrected chi connectivity index (χ3v) is 2.62. The number of ketones is 1. The van der Waals surface area contributed by atoms with Crippen LogP contribution < -0.4 is 4.74 Å². The van der Waals surface area contributed by atoms with Gasteiger partial charge < -0.3 is 4.74 Å². The molecule has 0 heterocycles. The number of hydrogen-bond donors (Lipinski definition) is 0. The fraction of sp³-hybridized carbons (Fsp3) is 0.462. The predicted octanol–water partition coefficient (Wildman–Crippen LogP) is 3.64. The van der Waals surface area contributed by atoms with Gasteiger partial charge in [0.2, 0.25) is 0 Å². The number of benzene rings is 1. The van der Waals surface area contributed by atoms with Crippen molar-refractivity contribution in [2.24, 2.45) is 5.92 Å². The fourth-order valence-electron chi connectivity index (χ4n) is 1.33. The molecule has 0 amide bonds. The maximum atomic E-state index is 11.4. The second-order valence-corrected chi connectivity index (χ2v) is 4.57. The highest BCUT2D eigenvalue weighted by Crippen LogP contribution is 2.21. The Morgan fingerprint density at radius 3 is 2.69 bits per heavy atom. The molecule has 1 aromatic carbocycles. The van der Waals surface area contributed by atoms with Gasteiger partial charge in [0.1, 0.15) is 11.5 Å². The molecule has 0 saturated heterocycles. The third-order valence-electron chi connectivity index (χ3n) is 2.39. The number of halogens is 1. The first-order chi connectivity index (χ1) is 7.50. The van der Waals surface area contributed by atoms with Gasteiger partial charge in [-0.1, -0.05) is 25.4 Å². The molecule has 1 aromatic rings. The van der Waals surface area contributed by atoms with Gasteiger partial charge in [-0.25, -0.2) is 0 Å². The summed E-state index contributed by atoms with van der Waals surface area (Å²) < 4.78 is 5.53. The van der Waals surface area contributed by atoms with Gasteiger partial charge in [0.15, 0.2) is 0 Å². The summed E-state index contributed by atoms with van der Waals surface area (Å²) in [5.41, 5.74) is 0.990. The van der Waals surface area contributed by atoms with E-state index in [4.69, 9.17) is 16.3 Å². The molecular weight excluding hydrogens is 224 g/mol. The Labute approximate surface area is 102 Å². The molecule has 0 aromatic heterocycles. The molecule has 16 heavy (non-hydrogen) atoms. The van der Waals surface area contributed by atoms with Crippen LogP contribution in [-0.4, -0.2) is 12.4 Å². The Bertz CT molecular complexity index is 372. The van der Waals surface area contributed by atoms with Gasteiger partial charge in [-0.2, -0.15) is 0 Å². The van der Waals surface area contributed by atoms with E-state index in [-0.39, 0.29) is 11.7 Å². The first-order valence-electron chi connectivity index (χ1n) is 5.42. The lowest BCUT2D eigenvalue weighted by Crippen LogP contribution is -2.11. The van der Waals surface area contributed by atoms with Crippen LogP contribution in [0.15, 0.2) is 18.2 Å². The molecule has 0 saturated carbocycles. The maximum Gasteiger partial charge on any atom is 0.138 e. The molecule has 0 bridgehead atoms. The minimum atomic E-state index is 0.0786. The zero-order chi connectivity index (χ0) is 12.1. The molecule has 0 fully saturated rings. The van der Waals surface area contributed by atoms with Crippen molar-refractivity contribution in [2.75, 3.05) is 6.61 Å². The first-order valence-corrected chi connectivity index (χ1v) is 5.80. The van der Waals surface area contributed by atoms with E-state index in [1.165, 1.54) is 0 Å². The van der Waals surface area contributed by atoms with Crippen molar-refractivity contribution in [1.82, 2.24) is 0 Å². The van der Waals surface area contributed by atoms with Crippen molar-refractivity contribution >= 4 is 17.4 Å². The number of aryl methyl sites for hydroxylation is 1. The summed E-state index contributed by atoms with van der Waals surface area (Å²) in [7, 11) is 0. The average molecular weight is 241 g/mol. The smallest absolute Gasteiger partial charge is 0.138 e. The van der Waals surface area contributed by atoms with E-state index in [9.17, 15) is 4.79 Å². The molecular formula is C13H17ClO2. The van der Waals surface area contributed by atoms with Gasteiger partial charge in [0, 0.05) is 17.4 Å². The molecule has 0 aliphatic heterocycles. The van der Waals surface area contributed by atoms with E-state index in [2.05, 4.69) is 0 Å². The normalized spacial score (nSPS) is 10.6. The molecule has 0 N–H and O–H groups in total. The summed E-state index contributed by atoms with van der Waals surface area (Å²) in [5.74, 6) is 1.10. The van der Waals surface area contributed by atoms with Gasteiger partial charge >= 0.3 is 0 Å². The Kier molecular flexibility index (Phi) is 4.81. The van der Waals surface area contributed by atoms with E-state index in [1.54, 1.807) is 6.07 Å². The van der Waals surface area contributed by atoms with Crippen molar-refractivity contribution in [3.05, 3.63) is 28.8 Å². The molecule has 0 aliphatic carbocycles. The van der Waals surface area contributed by atoms with Crippen molar-refractivity contribution in [1.29, 1.82) is 0 Å². The van der Waals surface area contributed by atoms with Crippen LogP contribution in [0.4, 0.5) is 0 Å². The number of rotatable bonds is 5. The minimum Gasteiger partial charge on any atom is -0.493 e. The van der Waals surface area contributed by atoms with Crippen LogP contribution in [0.5, 0.6) is 5.75 Å². The Balaban J connectivity index is 2.46. The van der Waals surface area contributed by atoms with Gasteiger partial charge in [0.25, 0.3) is 0 Å². The zero-order valence-electron chi connectivity index (χ0n) is 9.92. The minimum absolute atomic E-state index is 0.0786. The second-order valence-electron chi connectivity index (χ2n) is 4.13. The van der Waals surface area contributed by atoms with E-state index in [0.717, 1.165) is 11.3 Å². The number of Topliss-reactive ketones (excluding diaryl/α,β-unsaturated/α-hetero) is 1. The number of ether oxygens (including phenoxy) is 1. The lowest BCUT2D eigenvalue weighted by Gasteiger charge is -2.09. The quantitative estimate of drug-likeness (QED) is 0.786. The highest BCUT2D eigenvalue weighted by Gasteiger charge is 2.07. The van der Waals surface area contributed by atoms with Crippen molar-refractivity contribution in [3.8, 4) is 5.75 Å². The van der Waals surface area contributed by atoms with Crippen LogP contribution in [0.2, 0.25) is 5.02 Å². The summed E-state index contributed by atoms with van der Waals surface area (Å²) in [6.07, 6.45) is 0.458. The van der Waals surface area contributed by atoms with Crippen LogP contribution in [0.3, 0.4) is 0 Å². The molecule has 2 nitrogen and oxygen atoms in total. The van der Waals surface area contributed by atoms with Gasteiger partial charge in [0.05, 0.1) is 6.61 Å². The summed E-state index contributed by atoms with van der Waals surface area (Å²) in [4.78, 5) is 11.4. The van der Waals surface area contributed by atoms with Crippen LogP contribution in [-0.2, 0) is 4.79 Å². The van der Waals surface area contributed by atoms with Gasteiger partial charge in [-0.05, 0) is 30.7 Å². The molecule has 0 radical (unpaired) electrons. The zero-order valence-corrected chi connectivity index (χ0v) is 10.7. The summed E-state index contributed by atoms with van der Waals surface area (Å²) in [5, 5.41) is 0.697. The summed E-state index contributed by atoms with van der Waals surface area (Å²) in [6.45, 7) is 6.16. The lowest BCUT2D eigenvalue weighted by atomic mass is 10.1. The van der Waals surface area contributed by atoms with Crippen molar-refractivity contribution in [3.63, 3.8) is 0 Å². The highest BCUT2D eigenvalue weighted by molar-refractivity contribution is 6.30. The van der Waals surface area contributed by atoms with Gasteiger partial charge in [-0.3, -0.25) is 4.79 Å². The predicted molar refractivity (Wildman–Crippen MR) is 66.1 cm³/mol. The number of carbonyl (C=O) groups excluding carboxylic acids is 1. The lowest BCUT2D eigenvalue weighted by molar-refractivity contribution is -0.122. The number of carbonyl (C=O) groups is 1. The summed E-state index contributed by atoms with van der Waals surface area (Å²) >= 11 is 5.83. The molecule has 0 unspecified atom stereocenters. The van der Waals surface area contributed by atoms with E-state index in [0.29, 0.717) is 18.1 Å². The molecule has 3 heteroatoms. The Morgan fingerprint density at radius 2 is 2.12 bits per heavy atom. The standard InChI is InChI=1S/C13H17ClO2/c1-9(2)12(15)6-7-16-13-5-4-11(14)8-10(13)3/h4-5,8-9H,6-7H2,1-3H3. The van der Waals surface area contributed by atoms with Crippen LogP contribution in [0.1, 0.15) is 25.8 Å². The first kappa shape index (κ1) is 13.0. The number of hydrogen-bond acceptors (Lipinski definition) is 2. The summed E-state index contributed by atoms with van der Waals surface area (Å²) in [6, 6.07) is 5.47. The average Bonchev–Trinajstić information content (AvgIpc) is 2.20. The van der Waals surface area contributed by atoms with Crippen molar-refractivity contribution < 1.29 is 9.53 Å². The SMILES string of the molecule is Cc1cc(Cl)ccc1OCCC(=O)C(C)C. The highest BCUT2D eigenvalue weighted by atomic mass is 35.5. The monoisotopic (exact) mass is 240 g/mol. The molecule has 0 spiro atoms. The molecule has 0 aliphatic rings. The van der Waals surface area contributed by atoms with E-state index in [1.807, 2.05) is 32.9 Å². The topological polar surface area (TPSA) is 26.3 Å². The maximum absolute atomic E-state index is 11.4. The molecule has 88 valence electrons. The third kappa shape index (κ3) is 3.86. The van der Waals surface area contributed by atoms with Crippen LogP contribution >= 0.6 is 11.6 Å². The Hall–Kier alpha value is -1.02. The van der Waals surface area contributed by atoms with Gasteiger partial charge in [-0.15, -0.1) is 0 Å². The molecule has 1 rings (SSSR count).